The third-order valence-corrected chi connectivity index (χ3v) is 1.93. The lowest BCUT2D eigenvalue weighted by Crippen LogP contribution is -2.36. The average Bonchev–Trinajstić information content (AvgIpc) is 1.96. The summed E-state index contributed by atoms with van der Waals surface area (Å²) < 4.78 is 53.6. The van der Waals surface area contributed by atoms with Gasteiger partial charge in [0.2, 0.25) is 0 Å². The summed E-state index contributed by atoms with van der Waals surface area (Å²) in [5.41, 5.74) is 0. The smallest absolute Gasteiger partial charge is 0.363 e. The Kier molecular flexibility index (Phi) is 5.55. The molecule has 0 N–H and O–H groups in total. The highest BCUT2D eigenvalue weighted by Gasteiger charge is 2.53. The highest BCUT2D eigenvalue weighted by molar-refractivity contribution is 9.10. The van der Waals surface area contributed by atoms with Crippen LogP contribution in [-0.4, -0.2) is 29.8 Å². The van der Waals surface area contributed by atoms with Gasteiger partial charge in [0.15, 0.2) is 0 Å². The molecule has 0 amide bonds. The van der Waals surface area contributed by atoms with Crippen LogP contribution < -0.4 is 0 Å². The van der Waals surface area contributed by atoms with E-state index < -0.39 is 23.8 Å². The van der Waals surface area contributed by atoms with Gasteiger partial charge in [-0.2, -0.15) is 17.6 Å². The molecule has 0 aromatic heterocycles. The molecule has 13 heavy (non-hydrogen) atoms. The lowest BCUT2D eigenvalue weighted by atomic mass is 10.2. The van der Waals surface area contributed by atoms with Crippen molar-refractivity contribution < 1.29 is 22.3 Å². The summed E-state index contributed by atoms with van der Waals surface area (Å²) in [4.78, 5) is -4.19. The Hall–Kier alpha value is 0.450. The molecule has 1 nitrogen and oxygen atoms in total. The minimum Gasteiger partial charge on any atom is -0.380 e. The summed E-state index contributed by atoms with van der Waals surface area (Å²) in [7, 11) is 0. The fourth-order valence-electron chi connectivity index (χ4n) is 0.499. The molecule has 0 heterocycles. The van der Waals surface area contributed by atoms with Gasteiger partial charge in [0.25, 0.3) is 0 Å². The number of halogens is 6. The Bertz CT molecular complexity index is 150. The second-order valence-electron chi connectivity index (χ2n) is 2.25. The van der Waals surface area contributed by atoms with E-state index in [4.69, 9.17) is 11.6 Å². The largest absolute Gasteiger partial charge is 0.380 e. The van der Waals surface area contributed by atoms with Crippen molar-refractivity contribution in [2.75, 3.05) is 19.1 Å². The van der Waals surface area contributed by atoms with Crippen molar-refractivity contribution in [3.63, 3.8) is 0 Å². The minimum absolute atomic E-state index is 0.0749. The van der Waals surface area contributed by atoms with E-state index in [2.05, 4.69) is 4.74 Å². The monoisotopic (exact) mass is 286 g/mol. The fraction of sp³-hybridized carbons (Fsp3) is 1.00. The molecule has 7 heteroatoms. The van der Waals surface area contributed by atoms with Gasteiger partial charge in [-0.1, -0.05) is 0 Å². The SMILES string of the molecule is FC(F)(Br)C(F)(F)CCOCCCl. The summed E-state index contributed by atoms with van der Waals surface area (Å²) in [5, 5.41) is 0. The van der Waals surface area contributed by atoms with E-state index >= 15 is 0 Å². The lowest BCUT2D eigenvalue weighted by molar-refractivity contribution is -0.158. The number of hydrogen-bond donors (Lipinski definition) is 0. The molecule has 0 radical (unpaired) electrons. The van der Waals surface area contributed by atoms with E-state index in [9.17, 15) is 17.6 Å². The molecule has 0 atom stereocenters. The molecule has 80 valence electrons. The van der Waals surface area contributed by atoms with E-state index in [1.54, 1.807) is 15.9 Å². The first-order chi connectivity index (χ1) is 5.81. The Labute approximate surface area is 86.5 Å². The second-order valence-corrected chi connectivity index (χ2v) is 3.63. The maximum atomic E-state index is 12.4. The predicted octanol–water partition coefficient (Wildman–Crippen LogP) is 3.25. The molecule has 0 aromatic rings. The first-order valence-electron chi connectivity index (χ1n) is 3.39. The molecule has 0 bridgehead atoms. The molecule has 0 aliphatic rings. The summed E-state index contributed by atoms with van der Waals surface area (Å²) in [6, 6.07) is 0. The quantitative estimate of drug-likeness (QED) is 0.414. The molecule has 0 saturated carbocycles. The zero-order chi connectivity index (χ0) is 10.5. The Morgan fingerprint density at radius 1 is 1.15 bits per heavy atom. The average molecular weight is 287 g/mol. The van der Waals surface area contributed by atoms with E-state index in [0.717, 1.165) is 0 Å². The van der Waals surface area contributed by atoms with Gasteiger partial charge < -0.3 is 4.74 Å². The summed E-state index contributed by atoms with van der Waals surface area (Å²) in [6.45, 7) is -0.369. The van der Waals surface area contributed by atoms with Crippen molar-refractivity contribution in [3.8, 4) is 0 Å². The van der Waals surface area contributed by atoms with Gasteiger partial charge in [0, 0.05) is 12.3 Å². The molecule has 0 spiro atoms. The third-order valence-electron chi connectivity index (χ3n) is 1.20. The molecule has 0 unspecified atom stereocenters. The van der Waals surface area contributed by atoms with Crippen LogP contribution in [0, 0.1) is 0 Å². The maximum absolute atomic E-state index is 12.4. The van der Waals surface area contributed by atoms with Crippen molar-refractivity contribution in [3.05, 3.63) is 0 Å². The number of ether oxygens (including phenoxy) is 1. The van der Waals surface area contributed by atoms with E-state index in [1.807, 2.05) is 0 Å². The van der Waals surface area contributed by atoms with Crippen molar-refractivity contribution in [2.45, 2.75) is 17.2 Å². The van der Waals surface area contributed by atoms with E-state index in [-0.39, 0.29) is 12.5 Å². The molecule has 0 aromatic carbocycles. The van der Waals surface area contributed by atoms with Crippen molar-refractivity contribution in [2.24, 2.45) is 0 Å². The molecule has 0 fully saturated rings. The van der Waals surface area contributed by atoms with Crippen LogP contribution in [0.1, 0.15) is 6.42 Å². The fourth-order valence-corrected chi connectivity index (χ4v) is 0.806. The van der Waals surface area contributed by atoms with Gasteiger partial charge >= 0.3 is 10.8 Å². The van der Waals surface area contributed by atoms with Gasteiger partial charge in [0.05, 0.1) is 13.2 Å². The maximum Gasteiger partial charge on any atom is 0.363 e. The number of alkyl halides is 6. The van der Waals surface area contributed by atoms with E-state index in [1.165, 1.54) is 0 Å². The summed E-state index contributed by atoms with van der Waals surface area (Å²) in [6.07, 6.45) is -1.04. The molecular formula is C6H8BrClF4O. The Morgan fingerprint density at radius 2 is 1.69 bits per heavy atom. The van der Waals surface area contributed by atoms with Crippen LogP contribution in [-0.2, 0) is 4.74 Å². The highest BCUT2D eigenvalue weighted by atomic mass is 79.9. The third kappa shape index (κ3) is 5.02. The van der Waals surface area contributed by atoms with Crippen LogP contribution >= 0.6 is 27.5 Å². The molecule has 0 saturated heterocycles. The topological polar surface area (TPSA) is 9.23 Å². The normalized spacial score (nSPS) is 13.4. The van der Waals surface area contributed by atoms with Crippen LogP contribution in [0.4, 0.5) is 17.6 Å². The van der Waals surface area contributed by atoms with Crippen molar-refractivity contribution in [1.29, 1.82) is 0 Å². The molecule has 0 aliphatic carbocycles. The first-order valence-corrected chi connectivity index (χ1v) is 4.72. The van der Waals surface area contributed by atoms with Crippen LogP contribution in [0.15, 0.2) is 0 Å². The Morgan fingerprint density at radius 3 is 2.08 bits per heavy atom. The van der Waals surface area contributed by atoms with Crippen LogP contribution in [0.5, 0.6) is 0 Å². The van der Waals surface area contributed by atoms with Crippen LogP contribution in [0.2, 0.25) is 0 Å². The van der Waals surface area contributed by atoms with Gasteiger partial charge in [-0.05, 0) is 15.9 Å². The zero-order valence-electron chi connectivity index (χ0n) is 6.50. The summed E-state index contributed by atoms with van der Waals surface area (Å²) >= 11 is 6.78. The first kappa shape index (κ1) is 13.4. The predicted molar refractivity (Wildman–Crippen MR) is 45.0 cm³/mol. The molecule has 0 aliphatic heterocycles. The number of rotatable bonds is 6. The highest BCUT2D eigenvalue weighted by Crippen LogP contribution is 2.41. The zero-order valence-corrected chi connectivity index (χ0v) is 8.85. The van der Waals surface area contributed by atoms with Crippen LogP contribution in [0.25, 0.3) is 0 Å². The molecule has 0 rings (SSSR count). The Balaban J connectivity index is 3.77. The minimum atomic E-state index is -4.19. The summed E-state index contributed by atoms with van der Waals surface area (Å²) in [5.74, 6) is -3.95. The van der Waals surface area contributed by atoms with Gasteiger partial charge in [-0.3, -0.25) is 0 Å². The number of hydrogen-bond acceptors (Lipinski definition) is 1. The van der Waals surface area contributed by atoms with Crippen molar-refractivity contribution in [1.82, 2.24) is 0 Å². The standard InChI is InChI=1S/C6H8BrClF4O/c7-6(11,12)5(9,10)1-3-13-4-2-8/h1-4H2. The van der Waals surface area contributed by atoms with Crippen LogP contribution in [0.3, 0.4) is 0 Å². The lowest BCUT2D eigenvalue weighted by Gasteiger charge is -2.20. The van der Waals surface area contributed by atoms with Gasteiger partial charge in [0.1, 0.15) is 0 Å². The van der Waals surface area contributed by atoms with E-state index in [0.29, 0.717) is 0 Å². The molecular weight excluding hydrogens is 279 g/mol. The second kappa shape index (κ2) is 5.36. The van der Waals surface area contributed by atoms with Crippen molar-refractivity contribution >= 4 is 27.5 Å². The van der Waals surface area contributed by atoms with Gasteiger partial charge in [-0.15, -0.1) is 11.6 Å². The van der Waals surface area contributed by atoms with Gasteiger partial charge in [-0.25, -0.2) is 0 Å².